The van der Waals surface area contributed by atoms with Crippen molar-refractivity contribution in [3.05, 3.63) is 23.8 Å². The van der Waals surface area contributed by atoms with Crippen LogP contribution < -0.4 is 9.88 Å². The second-order valence-electron chi connectivity index (χ2n) is 4.53. The highest BCUT2D eigenvalue weighted by molar-refractivity contribution is 7.89. The quantitative estimate of drug-likeness (QED) is 0.710. The lowest BCUT2D eigenvalue weighted by Gasteiger charge is -2.10. The Morgan fingerprint density at radius 2 is 2.00 bits per heavy atom. The van der Waals surface area contributed by atoms with Crippen LogP contribution >= 0.6 is 0 Å². The third-order valence-electron chi connectivity index (χ3n) is 2.77. The molecule has 0 atom stereocenters. The Bertz CT molecular complexity index is 568. The normalized spacial score (nSPS) is 11.3. The molecule has 0 radical (unpaired) electrons. The zero-order valence-electron chi connectivity index (χ0n) is 11.3. The Morgan fingerprint density at radius 3 is 2.55 bits per heavy atom. The number of rotatable bonds is 8. The first-order valence-electron chi connectivity index (χ1n) is 6.29. The molecule has 0 aliphatic rings. The fourth-order valence-corrected chi connectivity index (χ4v) is 2.30. The zero-order valence-corrected chi connectivity index (χ0v) is 12.1. The molecule has 0 heterocycles. The van der Waals surface area contributed by atoms with Crippen LogP contribution in [0.15, 0.2) is 23.1 Å². The summed E-state index contributed by atoms with van der Waals surface area (Å²) in [5, 5.41) is 13.5. The van der Waals surface area contributed by atoms with Gasteiger partial charge in [0.25, 0.3) is 0 Å². The fourth-order valence-electron chi connectivity index (χ4n) is 1.70. The number of sulfonamides is 1. The van der Waals surface area contributed by atoms with Crippen molar-refractivity contribution in [3.63, 3.8) is 0 Å². The van der Waals surface area contributed by atoms with Gasteiger partial charge in [-0.15, -0.1) is 0 Å². The summed E-state index contributed by atoms with van der Waals surface area (Å²) in [4.78, 5) is 10.4. The molecule has 7 heteroatoms. The summed E-state index contributed by atoms with van der Waals surface area (Å²) in [7, 11) is -3.69. The van der Waals surface area contributed by atoms with Crippen LogP contribution in [0, 0.1) is 6.92 Å². The lowest BCUT2D eigenvalue weighted by Crippen LogP contribution is -2.12. The van der Waals surface area contributed by atoms with Gasteiger partial charge in [-0.2, -0.15) is 0 Å². The number of hydrogen-bond donors (Lipinski definition) is 2. The lowest BCUT2D eigenvalue weighted by atomic mass is 10.2. The molecule has 0 aliphatic carbocycles. The molecule has 0 bridgehead atoms. The Kier molecular flexibility index (Phi) is 5.97. The van der Waals surface area contributed by atoms with Crippen LogP contribution in [0.1, 0.15) is 31.2 Å². The van der Waals surface area contributed by atoms with Gasteiger partial charge >= 0.3 is 5.97 Å². The van der Waals surface area contributed by atoms with E-state index in [1.807, 2.05) is 0 Å². The van der Waals surface area contributed by atoms with E-state index in [0.717, 1.165) is 12.8 Å². The fraction of sp³-hybridized carbons (Fsp3) is 0.462. The molecule has 0 saturated heterocycles. The second-order valence-corrected chi connectivity index (χ2v) is 6.09. The lowest BCUT2D eigenvalue weighted by molar-refractivity contribution is -0.137. The minimum absolute atomic E-state index is 0.0591. The Morgan fingerprint density at radius 1 is 1.30 bits per heavy atom. The number of benzene rings is 1. The van der Waals surface area contributed by atoms with Crippen LogP contribution in [0.3, 0.4) is 0 Å². The minimum Gasteiger partial charge on any atom is -0.493 e. The van der Waals surface area contributed by atoms with Crippen molar-refractivity contribution in [2.45, 2.75) is 37.5 Å². The molecular weight excluding hydrogens is 282 g/mol. The van der Waals surface area contributed by atoms with Crippen molar-refractivity contribution in [2.75, 3.05) is 6.61 Å². The highest BCUT2D eigenvalue weighted by atomic mass is 32.2. The van der Waals surface area contributed by atoms with Crippen LogP contribution in [0.25, 0.3) is 0 Å². The minimum atomic E-state index is -3.69. The molecule has 0 aliphatic heterocycles. The topological polar surface area (TPSA) is 107 Å². The summed E-state index contributed by atoms with van der Waals surface area (Å²) in [6, 6.07) is 4.45. The molecule has 6 nitrogen and oxygen atoms in total. The predicted octanol–water partition coefficient (Wildman–Crippen LogP) is 1.67. The van der Waals surface area contributed by atoms with Crippen LogP contribution in [-0.2, 0) is 14.8 Å². The van der Waals surface area contributed by atoms with Gasteiger partial charge in [0, 0.05) is 6.42 Å². The number of aliphatic carboxylic acids is 1. The van der Waals surface area contributed by atoms with Gasteiger partial charge in [-0.1, -0.05) is 0 Å². The van der Waals surface area contributed by atoms with Gasteiger partial charge in [0.1, 0.15) is 5.75 Å². The number of carbonyl (C=O) groups is 1. The zero-order chi connectivity index (χ0) is 15.2. The van der Waals surface area contributed by atoms with Gasteiger partial charge in [-0.25, -0.2) is 13.6 Å². The molecule has 0 amide bonds. The van der Waals surface area contributed by atoms with Crippen molar-refractivity contribution in [1.82, 2.24) is 0 Å². The van der Waals surface area contributed by atoms with Crippen molar-refractivity contribution >= 4 is 16.0 Å². The van der Waals surface area contributed by atoms with Crippen LogP contribution in [0.4, 0.5) is 0 Å². The first-order chi connectivity index (χ1) is 9.30. The predicted molar refractivity (Wildman–Crippen MR) is 74.2 cm³/mol. The largest absolute Gasteiger partial charge is 0.493 e. The van der Waals surface area contributed by atoms with E-state index in [0.29, 0.717) is 24.3 Å². The Labute approximate surface area is 118 Å². The van der Waals surface area contributed by atoms with Gasteiger partial charge in [0.2, 0.25) is 10.0 Å². The third-order valence-corrected chi connectivity index (χ3v) is 3.68. The van der Waals surface area contributed by atoms with Crippen molar-refractivity contribution in [2.24, 2.45) is 5.14 Å². The maximum absolute atomic E-state index is 11.2. The SMILES string of the molecule is Cc1cc(S(N)(=O)=O)ccc1OCCCCCC(=O)O. The average molecular weight is 301 g/mol. The average Bonchev–Trinajstić information content (AvgIpc) is 2.33. The van der Waals surface area contributed by atoms with Crippen molar-refractivity contribution in [3.8, 4) is 5.75 Å². The maximum Gasteiger partial charge on any atom is 0.303 e. The van der Waals surface area contributed by atoms with E-state index in [2.05, 4.69) is 0 Å². The van der Waals surface area contributed by atoms with Gasteiger partial charge in [0.05, 0.1) is 11.5 Å². The van der Waals surface area contributed by atoms with Crippen LogP contribution in [0.5, 0.6) is 5.75 Å². The monoisotopic (exact) mass is 301 g/mol. The number of hydrogen-bond acceptors (Lipinski definition) is 4. The van der Waals surface area contributed by atoms with Crippen molar-refractivity contribution < 1.29 is 23.1 Å². The molecular formula is C13H19NO5S. The number of nitrogens with two attached hydrogens (primary N) is 1. The molecule has 0 spiro atoms. The highest BCUT2D eigenvalue weighted by Crippen LogP contribution is 2.21. The number of carboxylic acid groups (broad SMARTS) is 1. The third kappa shape index (κ3) is 5.58. The molecule has 3 N–H and O–H groups in total. The second kappa shape index (κ2) is 7.25. The molecule has 0 fully saturated rings. The van der Waals surface area contributed by atoms with E-state index < -0.39 is 16.0 Å². The van der Waals surface area contributed by atoms with Gasteiger partial charge in [0.15, 0.2) is 0 Å². The number of carboxylic acids is 1. The summed E-state index contributed by atoms with van der Waals surface area (Å²) in [5.74, 6) is -0.184. The Balaban J connectivity index is 2.44. The Hall–Kier alpha value is -1.60. The van der Waals surface area contributed by atoms with E-state index in [9.17, 15) is 13.2 Å². The molecule has 1 aromatic rings. The molecule has 1 rings (SSSR count). The number of primary sulfonamides is 1. The molecule has 0 aromatic heterocycles. The number of aryl methyl sites for hydroxylation is 1. The van der Waals surface area contributed by atoms with E-state index >= 15 is 0 Å². The number of unbranched alkanes of at least 4 members (excludes halogenated alkanes) is 2. The van der Waals surface area contributed by atoms with E-state index in [-0.39, 0.29) is 11.3 Å². The first-order valence-corrected chi connectivity index (χ1v) is 7.83. The molecule has 20 heavy (non-hydrogen) atoms. The van der Waals surface area contributed by atoms with Gasteiger partial charge in [-0.3, -0.25) is 4.79 Å². The van der Waals surface area contributed by atoms with Crippen molar-refractivity contribution in [1.29, 1.82) is 0 Å². The number of ether oxygens (including phenoxy) is 1. The van der Waals surface area contributed by atoms with E-state index in [1.165, 1.54) is 12.1 Å². The van der Waals surface area contributed by atoms with Gasteiger partial charge < -0.3 is 9.84 Å². The van der Waals surface area contributed by atoms with Gasteiger partial charge in [-0.05, 0) is 49.9 Å². The summed E-state index contributed by atoms with van der Waals surface area (Å²) in [5.41, 5.74) is 0.696. The first kappa shape index (κ1) is 16.5. The summed E-state index contributed by atoms with van der Waals surface area (Å²) >= 11 is 0. The maximum atomic E-state index is 11.2. The van der Waals surface area contributed by atoms with E-state index in [1.54, 1.807) is 13.0 Å². The van der Waals surface area contributed by atoms with Crippen LogP contribution in [0.2, 0.25) is 0 Å². The molecule has 1 aromatic carbocycles. The standard InChI is InChI=1S/C13H19NO5S/c1-10-9-11(20(14,17)18)6-7-12(10)19-8-4-2-3-5-13(15)16/h6-7,9H,2-5,8H2,1H3,(H,15,16)(H2,14,17,18). The smallest absolute Gasteiger partial charge is 0.303 e. The highest BCUT2D eigenvalue weighted by Gasteiger charge is 2.10. The summed E-state index contributed by atoms with van der Waals surface area (Å²) in [6.07, 6.45) is 2.33. The van der Waals surface area contributed by atoms with Crippen LogP contribution in [-0.4, -0.2) is 26.1 Å². The summed E-state index contributed by atoms with van der Waals surface area (Å²) in [6.45, 7) is 2.21. The molecule has 0 saturated carbocycles. The molecule has 0 unspecified atom stereocenters. The van der Waals surface area contributed by atoms with E-state index in [4.69, 9.17) is 15.0 Å². The molecule has 112 valence electrons. The summed E-state index contributed by atoms with van der Waals surface area (Å²) < 4.78 is 27.9.